The predicted octanol–water partition coefficient (Wildman–Crippen LogP) is 0.774. The maximum Gasteiger partial charge on any atom is 0.409 e. The van der Waals surface area contributed by atoms with Crippen molar-refractivity contribution < 1.29 is 19.1 Å². The summed E-state index contributed by atoms with van der Waals surface area (Å²) in [5, 5.41) is 2.81. The summed E-state index contributed by atoms with van der Waals surface area (Å²) < 4.78 is 9.91. The Morgan fingerprint density at radius 1 is 1.15 bits per heavy atom. The molecule has 2 rings (SSSR count). The second kappa shape index (κ2) is 7.14. The SMILES string of the molecule is COC(=O)N1CCN(C(=O)NC=C2CCOCC2)CC1. The minimum atomic E-state index is -0.339. The molecule has 0 aromatic rings. The van der Waals surface area contributed by atoms with Crippen molar-refractivity contribution in [3.8, 4) is 0 Å². The van der Waals surface area contributed by atoms with Crippen molar-refractivity contribution in [1.82, 2.24) is 15.1 Å². The van der Waals surface area contributed by atoms with Gasteiger partial charge in [-0.05, 0) is 18.4 Å². The first-order valence-corrected chi connectivity index (χ1v) is 6.84. The van der Waals surface area contributed by atoms with Crippen molar-refractivity contribution in [3.05, 3.63) is 11.8 Å². The minimum Gasteiger partial charge on any atom is -0.453 e. The second-order valence-electron chi connectivity index (χ2n) is 4.81. The molecular weight excluding hydrogens is 262 g/mol. The Bertz CT molecular complexity index is 381. The quantitative estimate of drug-likeness (QED) is 0.772. The molecule has 0 aromatic carbocycles. The van der Waals surface area contributed by atoms with E-state index in [9.17, 15) is 9.59 Å². The molecule has 1 N–H and O–H groups in total. The van der Waals surface area contributed by atoms with Crippen molar-refractivity contribution >= 4 is 12.1 Å². The molecule has 0 aliphatic carbocycles. The van der Waals surface area contributed by atoms with Crippen molar-refractivity contribution in [2.24, 2.45) is 0 Å². The lowest BCUT2D eigenvalue weighted by molar-refractivity contribution is 0.0976. The van der Waals surface area contributed by atoms with E-state index in [4.69, 9.17) is 4.74 Å². The summed E-state index contributed by atoms with van der Waals surface area (Å²) in [5.74, 6) is 0. The Morgan fingerprint density at radius 3 is 2.35 bits per heavy atom. The fourth-order valence-corrected chi connectivity index (χ4v) is 2.25. The number of rotatable bonds is 1. The van der Waals surface area contributed by atoms with Crippen LogP contribution in [-0.4, -0.2) is 68.4 Å². The molecule has 0 bridgehead atoms. The smallest absolute Gasteiger partial charge is 0.409 e. The van der Waals surface area contributed by atoms with E-state index in [1.54, 1.807) is 16.0 Å². The van der Waals surface area contributed by atoms with Gasteiger partial charge in [-0.1, -0.05) is 0 Å². The highest BCUT2D eigenvalue weighted by atomic mass is 16.5. The van der Waals surface area contributed by atoms with E-state index in [1.807, 2.05) is 0 Å². The van der Waals surface area contributed by atoms with E-state index in [2.05, 4.69) is 10.1 Å². The third-order valence-electron chi connectivity index (χ3n) is 3.53. The van der Waals surface area contributed by atoms with Crippen LogP contribution in [0, 0.1) is 0 Å². The average Bonchev–Trinajstić information content (AvgIpc) is 2.53. The van der Waals surface area contributed by atoms with Gasteiger partial charge in [-0.3, -0.25) is 0 Å². The maximum atomic E-state index is 12.0. The number of piperazine rings is 1. The molecule has 0 unspecified atom stereocenters. The van der Waals surface area contributed by atoms with Gasteiger partial charge in [-0.15, -0.1) is 0 Å². The average molecular weight is 283 g/mol. The van der Waals surface area contributed by atoms with Crippen molar-refractivity contribution in [2.45, 2.75) is 12.8 Å². The van der Waals surface area contributed by atoms with Crippen LogP contribution >= 0.6 is 0 Å². The van der Waals surface area contributed by atoms with Crippen LogP contribution in [0.25, 0.3) is 0 Å². The van der Waals surface area contributed by atoms with Crippen LogP contribution in [0.2, 0.25) is 0 Å². The number of hydrogen-bond donors (Lipinski definition) is 1. The first kappa shape index (κ1) is 14.6. The van der Waals surface area contributed by atoms with Gasteiger partial charge in [0.2, 0.25) is 0 Å². The van der Waals surface area contributed by atoms with Gasteiger partial charge in [0.25, 0.3) is 0 Å². The molecule has 7 heteroatoms. The van der Waals surface area contributed by atoms with E-state index in [1.165, 1.54) is 12.7 Å². The fourth-order valence-electron chi connectivity index (χ4n) is 2.25. The van der Waals surface area contributed by atoms with Crippen LogP contribution in [0.4, 0.5) is 9.59 Å². The van der Waals surface area contributed by atoms with Gasteiger partial charge in [0.15, 0.2) is 0 Å². The summed E-state index contributed by atoms with van der Waals surface area (Å²) in [4.78, 5) is 26.6. The zero-order valence-corrected chi connectivity index (χ0v) is 11.8. The monoisotopic (exact) mass is 283 g/mol. The van der Waals surface area contributed by atoms with Gasteiger partial charge in [-0.2, -0.15) is 0 Å². The highest BCUT2D eigenvalue weighted by Gasteiger charge is 2.24. The normalized spacial score (nSPS) is 19.6. The van der Waals surface area contributed by atoms with E-state index >= 15 is 0 Å². The van der Waals surface area contributed by atoms with Crippen LogP contribution in [-0.2, 0) is 9.47 Å². The molecule has 2 saturated heterocycles. The Kier molecular flexibility index (Phi) is 5.23. The zero-order valence-electron chi connectivity index (χ0n) is 11.8. The van der Waals surface area contributed by atoms with E-state index in [0.29, 0.717) is 26.2 Å². The number of nitrogens with one attached hydrogen (secondary N) is 1. The van der Waals surface area contributed by atoms with Crippen molar-refractivity contribution in [2.75, 3.05) is 46.5 Å². The number of amides is 3. The number of methoxy groups -OCH3 is 1. The van der Waals surface area contributed by atoms with Crippen LogP contribution in [0.1, 0.15) is 12.8 Å². The molecule has 0 aromatic heterocycles. The largest absolute Gasteiger partial charge is 0.453 e. The van der Waals surface area contributed by atoms with Gasteiger partial charge < -0.3 is 24.6 Å². The summed E-state index contributed by atoms with van der Waals surface area (Å²) in [6.07, 6.45) is 3.19. The standard InChI is InChI=1S/C13H21N3O4/c1-19-13(18)16-6-4-15(5-7-16)12(17)14-10-11-2-8-20-9-3-11/h10H,2-9H2,1H3,(H,14,17). The zero-order chi connectivity index (χ0) is 14.4. The molecule has 0 radical (unpaired) electrons. The molecule has 7 nitrogen and oxygen atoms in total. The second-order valence-corrected chi connectivity index (χ2v) is 4.81. The van der Waals surface area contributed by atoms with Gasteiger partial charge in [0.1, 0.15) is 0 Å². The molecule has 20 heavy (non-hydrogen) atoms. The molecule has 112 valence electrons. The molecule has 0 spiro atoms. The Morgan fingerprint density at radius 2 is 1.75 bits per heavy atom. The van der Waals surface area contributed by atoms with Crippen LogP contribution < -0.4 is 5.32 Å². The maximum absolute atomic E-state index is 12.0. The van der Waals surface area contributed by atoms with Gasteiger partial charge in [-0.25, -0.2) is 9.59 Å². The van der Waals surface area contributed by atoms with Gasteiger partial charge >= 0.3 is 12.1 Å². The minimum absolute atomic E-state index is 0.117. The lowest BCUT2D eigenvalue weighted by Gasteiger charge is -2.33. The summed E-state index contributed by atoms with van der Waals surface area (Å²) >= 11 is 0. The number of nitrogens with zero attached hydrogens (tertiary/aromatic N) is 2. The molecular formula is C13H21N3O4. The van der Waals surface area contributed by atoms with Gasteiger partial charge in [0.05, 0.1) is 20.3 Å². The van der Waals surface area contributed by atoms with Crippen molar-refractivity contribution in [3.63, 3.8) is 0 Å². The Labute approximate surface area is 118 Å². The highest BCUT2D eigenvalue weighted by Crippen LogP contribution is 2.12. The Balaban J connectivity index is 1.75. The number of ether oxygens (including phenoxy) is 2. The first-order chi connectivity index (χ1) is 9.70. The molecule has 0 saturated carbocycles. The third kappa shape index (κ3) is 3.86. The van der Waals surface area contributed by atoms with Crippen molar-refractivity contribution in [1.29, 1.82) is 0 Å². The fraction of sp³-hybridized carbons (Fsp3) is 0.692. The van der Waals surface area contributed by atoms with E-state index in [-0.39, 0.29) is 12.1 Å². The topological polar surface area (TPSA) is 71.1 Å². The molecule has 3 amide bonds. The first-order valence-electron chi connectivity index (χ1n) is 6.84. The summed E-state index contributed by atoms with van der Waals surface area (Å²) in [5.41, 5.74) is 1.21. The van der Waals surface area contributed by atoms with Crippen LogP contribution in [0.5, 0.6) is 0 Å². The molecule has 0 atom stereocenters. The highest BCUT2D eigenvalue weighted by molar-refractivity contribution is 5.76. The van der Waals surface area contributed by atoms with Crippen LogP contribution in [0.3, 0.4) is 0 Å². The number of hydrogen-bond acceptors (Lipinski definition) is 4. The van der Waals surface area contributed by atoms with E-state index in [0.717, 1.165) is 26.1 Å². The lowest BCUT2D eigenvalue weighted by Crippen LogP contribution is -2.52. The molecule has 2 aliphatic rings. The third-order valence-corrected chi connectivity index (χ3v) is 3.53. The lowest BCUT2D eigenvalue weighted by atomic mass is 10.1. The number of carbonyl (C=O) groups excluding carboxylic acids is 2. The summed E-state index contributed by atoms with van der Waals surface area (Å²) in [7, 11) is 1.36. The van der Waals surface area contributed by atoms with Crippen LogP contribution in [0.15, 0.2) is 11.8 Å². The van der Waals surface area contributed by atoms with E-state index < -0.39 is 0 Å². The van der Waals surface area contributed by atoms with Gasteiger partial charge in [0, 0.05) is 32.4 Å². The predicted molar refractivity (Wildman–Crippen MR) is 72.2 cm³/mol. The number of urea groups is 1. The molecule has 2 aliphatic heterocycles. The Hall–Kier alpha value is -1.76. The number of carbonyl (C=O) groups is 2. The summed E-state index contributed by atoms with van der Waals surface area (Å²) in [6.45, 7) is 3.49. The summed E-state index contributed by atoms with van der Waals surface area (Å²) in [6, 6.07) is -0.117. The molecule has 2 fully saturated rings. The molecule has 2 heterocycles.